The molecule has 39 heavy (non-hydrogen) atoms. The Hall–Kier alpha value is -3.07. The van der Waals surface area contributed by atoms with E-state index < -0.39 is 23.8 Å². The monoisotopic (exact) mass is 546 g/mol. The van der Waals surface area contributed by atoms with E-state index in [1.165, 1.54) is 0 Å². The number of likely N-dealkylation sites (tertiary alicyclic amines) is 2. The fourth-order valence-electron chi connectivity index (χ4n) is 5.58. The van der Waals surface area contributed by atoms with Crippen LogP contribution >= 0.6 is 0 Å². The second-order valence-corrected chi connectivity index (χ2v) is 11.2. The molecule has 2 aliphatic heterocycles. The molecule has 2 aliphatic rings. The number of alkyl halides is 3. The van der Waals surface area contributed by atoms with Crippen molar-refractivity contribution in [3.8, 4) is 5.75 Å². The van der Waals surface area contributed by atoms with Crippen LogP contribution in [0.4, 0.5) is 13.2 Å². The number of carbonyl (C=O) groups is 2. The highest BCUT2D eigenvalue weighted by Gasteiger charge is 2.54. The topological polar surface area (TPSA) is 59.1 Å². The van der Waals surface area contributed by atoms with E-state index in [0.29, 0.717) is 62.7 Å². The fraction of sp³-hybridized carbons (Fsp3) is 0.533. The van der Waals surface area contributed by atoms with Gasteiger partial charge in [0.2, 0.25) is 0 Å². The van der Waals surface area contributed by atoms with Crippen molar-refractivity contribution < 1.29 is 32.2 Å². The smallest absolute Gasteiger partial charge is 0.490 e. The van der Waals surface area contributed by atoms with Crippen molar-refractivity contribution in [3.05, 3.63) is 64.7 Å². The van der Waals surface area contributed by atoms with E-state index in [-0.39, 0.29) is 12.5 Å². The van der Waals surface area contributed by atoms with Crippen LogP contribution in [0.15, 0.2) is 42.5 Å². The van der Waals surface area contributed by atoms with Gasteiger partial charge in [-0.15, -0.1) is 0 Å². The quantitative estimate of drug-likeness (QED) is 0.405. The van der Waals surface area contributed by atoms with E-state index in [4.69, 9.17) is 9.47 Å². The average molecular weight is 547 g/mol. The van der Waals surface area contributed by atoms with Crippen molar-refractivity contribution in [1.29, 1.82) is 0 Å². The van der Waals surface area contributed by atoms with Crippen molar-refractivity contribution in [2.24, 2.45) is 11.3 Å². The van der Waals surface area contributed by atoms with Crippen LogP contribution in [0.1, 0.15) is 60.2 Å². The first kappa shape index (κ1) is 28.9. The van der Waals surface area contributed by atoms with Crippen molar-refractivity contribution in [2.75, 3.05) is 26.2 Å². The summed E-state index contributed by atoms with van der Waals surface area (Å²) in [4.78, 5) is 28.9. The van der Waals surface area contributed by atoms with Gasteiger partial charge < -0.3 is 14.4 Å². The molecule has 9 heteroatoms. The number of ether oxygens (including phenoxy) is 2. The van der Waals surface area contributed by atoms with E-state index in [2.05, 4.69) is 0 Å². The second-order valence-electron chi connectivity index (χ2n) is 11.2. The van der Waals surface area contributed by atoms with Gasteiger partial charge in [-0.1, -0.05) is 44.2 Å². The number of para-hydroxylation sites is 1. The third kappa shape index (κ3) is 6.40. The molecule has 0 bridgehead atoms. The molecule has 6 nitrogen and oxygen atoms in total. The number of rotatable bonds is 7. The van der Waals surface area contributed by atoms with Crippen LogP contribution in [0, 0.1) is 25.2 Å². The van der Waals surface area contributed by atoms with Gasteiger partial charge in [-0.2, -0.15) is 13.2 Å². The number of nitrogens with zero attached hydrogens (tertiary/aromatic N) is 2. The summed E-state index contributed by atoms with van der Waals surface area (Å²) >= 11 is 0. The Morgan fingerprint density at radius 3 is 2.33 bits per heavy atom. The standard InChI is InChI=1S/C30H37F3N2O4/c1-20(2)19-38-25-11-6-5-9-23(25)18-35-17-14-29(27(35)39-28(37)30(31,32)33)12-15-34(16-13-29)26(36)24-10-7-8-21(3)22(24)4/h5-11,20,27H,12-19H2,1-4H3. The molecule has 2 heterocycles. The minimum Gasteiger partial charge on any atom is -0.493 e. The maximum Gasteiger partial charge on any atom is 0.490 e. The molecule has 2 aromatic rings. The Bertz CT molecular complexity index is 1190. The van der Waals surface area contributed by atoms with Crippen LogP contribution in [0.2, 0.25) is 0 Å². The lowest BCUT2D eigenvalue weighted by atomic mass is 9.76. The Morgan fingerprint density at radius 2 is 1.67 bits per heavy atom. The number of carbonyl (C=O) groups excluding carboxylic acids is 2. The molecule has 0 saturated carbocycles. The molecule has 0 aromatic heterocycles. The lowest BCUT2D eigenvalue weighted by Gasteiger charge is -2.43. The minimum absolute atomic E-state index is 0.0824. The highest BCUT2D eigenvalue weighted by atomic mass is 19.4. The van der Waals surface area contributed by atoms with Gasteiger partial charge in [0.25, 0.3) is 5.91 Å². The minimum atomic E-state index is -5.09. The normalized spacial score (nSPS) is 19.5. The molecular formula is C30H37F3N2O4. The fourth-order valence-corrected chi connectivity index (χ4v) is 5.58. The number of hydrogen-bond donors (Lipinski definition) is 0. The van der Waals surface area contributed by atoms with E-state index >= 15 is 0 Å². The van der Waals surface area contributed by atoms with Crippen molar-refractivity contribution in [3.63, 3.8) is 0 Å². The number of halogens is 3. The van der Waals surface area contributed by atoms with Crippen molar-refractivity contribution in [2.45, 2.75) is 65.9 Å². The number of esters is 1. The highest BCUT2D eigenvalue weighted by molar-refractivity contribution is 5.96. The van der Waals surface area contributed by atoms with Gasteiger partial charge in [0.1, 0.15) is 5.75 Å². The summed E-state index contributed by atoms with van der Waals surface area (Å²) in [5.74, 6) is -1.29. The lowest BCUT2D eigenvalue weighted by Crippen LogP contribution is -2.51. The summed E-state index contributed by atoms with van der Waals surface area (Å²) in [7, 11) is 0. The van der Waals surface area contributed by atoms with Crippen LogP contribution in [0.3, 0.4) is 0 Å². The SMILES string of the molecule is Cc1cccc(C(=O)N2CCC3(CC2)CCN(Cc2ccccc2OCC(C)C)C3OC(=O)C(F)(F)F)c1C. The Balaban J connectivity index is 1.54. The van der Waals surface area contributed by atoms with Crippen molar-refractivity contribution in [1.82, 2.24) is 9.80 Å². The molecule has 1 atom stereocenters. The third-order valence-electron chi connectivity index (χ3n) is 8.00. The summed E-state index contributed by atoms with van der Waals surface area (Å²) in [6.07, 6.45) is -4.68. The summed E-state index contributed by atoms with van der Waals surface area (Å²) in [5.41, 5.74) is 2.73. The average Bonchev–Trinajstić information content (AvgIpc) is 3.20. The van der Waals surface area contributed by atoms with Gasteiger partial charge in [-0.3, -0.25) is 9.69 Å². The molecule has 0 aliphatic carbocycles. The third-order valence-corrected chi connectivity index (χ3v) is 8.00. The summed E-state index contributed by atoms with van der Waals surface area (Å²) in [5, 5.41) is 0. The summed E-state index contributed by atoms with van der Waals surface area (Å²) < 4.78 is 51.1. The molecular weight excluding hydrogens is 509 g/mol. The number of aryl methyl sites for hydroxylation is 1. The number of amides is 1. The largest absolute Gasteiger partial charge is 0.493 e. The van der Waals surface area contributed by atoms with Gasteiger partial charge in [0.15, 0.2) is 6.23 Å². The molecule has 1 spiro atoms. The van der Waals surface area contributed by atoms with Gasteiger partial charge >= 0.3 is 12.1 Å². The lowest BCUT2D eigenvalue weighted by molar-refractivity contribution is -0.220. The van der Waals surface area contributed by atoms with Gasteiger partial charge in [-0.25, -0.2) is 4.79 Å². The molecule has 1 unspecified atom stereocenters. The van der Waals surface area contributed by atoms with Gasteiger partial charge in [-0.05, 0) is 62.3 Å². The zero-order chi connectivity index (χ0) is 28.4. The number of benzene rings is 2. The number of piperidine rings is 1. The maximum absolute atomic E-state index is 13.3. The first-order valence-corrected chi connectivity index (χ1v) is 13.5. The van der Waals surface area contributed by atoms with Crippen molar-refractivity contribution >= 4 is 11.9 Å². The van der Waals surface area contributed by atoms with Gasteiger partial charge in [0, 0.05) is 42.7 Å². The van der Waals surface area contributed by atoms with E-state index in [1.54, 1.807) is 11.0 Å². The molecule has 4 rings (SSSR count). The molecule has 2 aromatic carbocycles. The molecule has 212 valence electrons. The zero-order valence-electron chi connectivity index (χ0n) is 23.0. The summed E-state index contributed by atoms with van der Waals surface area (Å²) in [6, 6.07) is 13.1. The first-order valence-electron chi connectivity index (χ1n) is 13.5. The highest BCUT2D eigenvalue weighted by Crippen LogP contribution is 2.47. The van der Waals surface area contributed by atoms with Crippen LogP contribution in [0.5, 0.6) is 5.75 Å². The zero-order valence-corrected chi connectivity index (χ0v) is 23.0. The number of hydrogen-bond acceptors (Lipinski definition) is 5. The summed E-state index contributed by atoms with van der Waals surface area (Å²) in [6.45, 7) is 9.98. The molecule has 0 N–H and O–H groups in total. The molecule has 0 radical (unpaired) electrons. The predicted octanol–water partition coefficient (Wildman–Crippen LogP) is 5.90. The first-order chi connectivity index (χ1) is 18.4. The van der Waals surface area contributed by atoms with E-state index in [0.717, 1.165) is 16.7 Å². The van der Waals surface area contributed by atoms with Crippen LogP contribution in [0.25, 0.3) is 0 Å². The van der Waals surface area contributed by atoms with Crippen LogP contribution in [-0.4, -0.2) is 60.3 Å². The van der Waals surface area contributed by atoms with Crippen LogP contribution < -0.4 is 4.74 Å². The van der Waals surface area contributed by atoms with Crippen LogP contribution in [-0.2, 0) is 16.1 Å². The maximum atomic E-state index is 13.3. The molecule has 2 fully saturated rings. The van der Waals surface area contributed by atoms with E-state index in [1.807, 2.05) is 69.0 Å². The molecule has 2 saturated heterocycles. The predicted molar refractivity (Wildman–Crippen MR) is 141 cm³/mol. The molecule has 1 amide bonds. The Kier molecular flexibility index (Phi) is 8.59. The Labute approximate surface area is 228 Å². The Morgan fingerprint density at radius 1 is 1.00 bits per heavy atom. The second kappa shape index (κ2) is 11.6. The van der Waals surface area contributed by atoms with Gasteiger partial charge in [0.05, 0.1) is 6.61 Å². The van der Waals surface area contributed by atoms with E-state index in [9.17, 15) is 22.8 Å².